The molecule has 0 aromatic carbocycles. The highest BCUT2D eigenvalue weighted by atomic mass is 32.2. The lowest BCUT2D eigenvalue weighted by atomic mass is 10.00. The Morgan fingerprint density at radius 3 is 2.81 bits per heavy atom. The first-order valence-corrected chi connectivity index (χ1v) is 10.6. The van der Waals surface area contributed by atoms with Crippen LogP contribution in [0.4, 0.5) is 0 Å². The van der Waals surface area contributed by atoms with Crippen LogP contribution in [0.2, 0.25) is 0 Å². The van der Waals surface area contributed by atoms with Crippen molar-refractivity contribution >= 4 is 22.0 Å². The molecule has 1 fully saturated rings. The van der Waals surface area contributed by atoms with Gasteiger partial charge in [-0.3, -0.25) is 0 Å². The van der Waals surface area contributed by atoms with Gasteiger partial charge in [-0.25, -0.2) is 0 Å². The minimum Gasteiger partial charge on any atom is -0.316 e. The first-order valence-electron chi connectivity index (χ1n) is 7.86. The molecule has 0 spiro atoms. The fourth-order valence-electron chi connectivity index (χ4n) is 2.64. The lowest BCUT2D eigenvalue weighted by Crippen LogP contribution is -2.50. The first kappa shape index (κ1) is 19.2. The second kappa shape index (κ2) is 9.35. The Labute approximate surface area is 135 Å². The van der Waals surface area contributed by atoms with Gasteiger partial charge in [-0.1, -0.05) is 6.92 Å². The zero-order valence-corrected chi connectivity index (χ0v) is 15.5. The fourth-order valence-corrected chi connectivity index (χ4v) is 5.09. The van der Waals surface area contributed by atoms with E-state index in [0.29, 0.717) is 19.0 Å². The molecule has 0 saturated carbocycles. The molecule has 126 valence electrons. The molecule has 2 atom stereocenters. The van der Waals surface area contributed by atoms with Gasteiger partial charge >= 0.3 is 0 Å². The molecule has 0 bridgehead atoms. The Balaban J connectivity index is 2.61. The van der Waals surface area contributed by atoms with Crippen molar-refractivity contribution in [3.8, 4) is 0 Å². The van der Waals surface area contributed by atoms with Gasteiger partial charge < -0.3 is 5.32 Å². The van der Waals surface area contributed by atoms with Gasteiger partial charge in [-0.2, -0.15) is 28.8 Å². The average molecular weight is 338 g/mol. The summed E-state index contributed by atoms with van der Waals surface area (Å²) in [5, 5.41) is 3.41. The second-order valence-corrected chi connectivity index (χ2v) is 8.80. The van der Waals surface area contributed by atoms with Gasteiger partial charge in [0.05, 0.1) is 0 Å². The number of nitrogens with one attached hydrogen (secondary N) is 1. The summed E-state index contributed by atoms with van der Waals surface area (Å²) in [4.78, 5) is 0. The van der Waals surface area contributed by atoms with E-state index in [4.69, 9.17) is 0 Å². The molecule has 1 aliphatic heterocycles. The van der Waals surface area contributed by atoms with Crippen LogP contribution in [-0.2, 0) is 10.2 Å². The normalized spacial score (nSPS) is 22.6. The molecule has 0 aromatic rings. The van der Waals surface area contributed by atoms with Crippen molar-refractivity contribution < 1.29 is 8.42 Å². The predicted octanol–water partition coefficient (Wildman–Crippen LogP) is 1.63. The van der Waals surface area contributed by atoms with Gasteiger partial charge in [0, 0.05) is 31.9 Å². The van der Waals surface area contributed by atoms with E-state index in [1.54, 1.807) is 23.1 Å². The van der Waals surface area contributed by atoms with Crippen LogP contribution in [0.25, 0.3) is 0 Å². The van der Waals surface area contributed by atoms with Gasteiger partial charge in [0.25, 0.3) is 10.2 Å². The Kier molecular flexibility index (Phi) is 8.56. The summed E-state index contributed by atoms with van der Waals surface area (Å²) in [6, 6.07) is 0.0311. The number of piperidine rings is 1. The third kappa shape index (κ3) is 5.71. The minimum absolute atomic E-state index is 0.0311. The maximum Gasteiger partial charge on any atom is 0.282 e. The van der Waals surface area contributed by atoms with E-state index in [2.05, 4.69) is 12.2 Å². The lowest BCUT2D eigenvalue weighted by molar-refractivity contribution is 0.242. The van der Waals surface area contributed by atoms with E-state index < -0.39 is 10.2 Å². The topological polar surface area (TPSA) is 52.7 Å². The van der Waals surface area contributed by atoms with Crippen LogP contribution in [-0.4, -0.2) is 68.3 Å². The molecule has 7 heteroatoms. The van der Waals surface area contributed by atoms with Crippen molar-refractivity contribution in [2.24, 2.45) is 5.92 Å². The molecule has 0 aliphatic carbocycles. The Hall–Kier alpha value is 0.180. The zero-order chi connectivity index (χ0) is 15.9. The van der Waals surface area contributed by atoms with Gasteiger partial charge in [0.1, 0.15) is 0 Å². The molecular weight excluding hydrogens is 306 g/mol. The lowest BCUT2D eigenvalue weighted by Gasteiger charge is -2.36. The van der Waals surface area contributed by atoms with Crippen molar-refractivity contribution in [3.63, 3.8) is 0 Å². The summed E-state index contributed by atoms with van der Waals surface area (Å²) in [5.74, 6) is 1.26. The summed E-state index contributed by atoms with van der Waals surface area (Å²) < 4.78 is 28.6. The van der Waals surface area contributed by atoms with Crippen LogP contribution in [0.3, 0.4) is 0 Å². The largest absolute Gasteiger partial charge is 0.316 e. The van der Waals surface area contributed by atoms with Crippen LogP contribution in [0.1, 0.15) is 33.1 Å². The molecule has 1 heterocycles. The smallest absolute Gasteiger partial charge is 0.282 e. The molecule has 0 amide bonds. The van der Waals surface area contributed by atoms with E-state index in [9.17, 15) is 8.42 Å². The average Bonchev–Trinajstić information content (AvgIpc) is 2.47. The summed E-state index contributed by atoms with van der Waals surface area (Å²) >= 11 is 1.68. The van der Waals surface area contributed by atoms with Crippen molar-refractivity contribution in [3.05, 3.63) is 0 Å². The Morgan fingerprint density at radius 2 is 2.19 bits per heavy atom. The quantitative estimate of drug-likeness (QED) is 0.650. The van der Waals surface area contributed by atoms with E-state index in [1.165, 1.54) is 4.31 Å². The van der Waals surface area contributed by atoms with E-state index >= 15 is 0 Å². The summed E-state index contributed by atoms with van der Waals surface area (Å²) in [7, 11) is -1.62. The highest BCUT2D eigenvalue weighted by Gasteiger charge is 2.33. The van der Waals surface area contributed by atoms with Gasteiger partial charge in [-0.05, 0) is 51.4 Å². The van der Waals surface area contributed by atoms with Crippen molar-refractivity contribution in [1.82, 2.24) is 13.9 Å². The van der Waals surface area contributed by atoms with Gasteiger partial charge in [-0.15, -0.1) is 0 Å². The molecule has 0 radical (unpaired) electrons. The molecule has 1 rings (SSSR count). The maximum absolute atomic E-state index is 12.7. The highest BCUT2D eigenvalue weighted by Crippen LogP contribution is 2.21. The van der Waals surface area contributed by atoms with E-state index in [-0.39, 0.29) is 6.04 Å². The van der Waals surface area contributed by atoms with E-state index in [0.717, 1.165) is 38.1 Å². The third-order valence-corrected chi connectivity index (χ3v) is 6.95. The maximum atomic E-state index is 12.7. The number of thioether (sulfide) groups is 1. The standard InChI is InChI=1S/C14H31N3O2S2/c1-5-8-15-10-14-7-6-9-17(11-14)21(18,19)16(3)13(2)12-20-4/h13-15H,5-12H2,1-4H3. The highest BCUT2D eigenvalue weighted by molar-refractivity contribution is 7.98. The molecule has 2 unspecified atom stereocenters. The van der Waals surface area contributed by atoms with Crippen LogP contribution >= 0.6 is 11.8 Å². The Morgan fingerprint density at radius 1 is 1.48 bits per heavy atom. The number of nitrogens with zero attached hydrogens (tertiary/aromatic N) is 2. The number of hydrogen-bond donors (Lipinski definition) is 1. The fraction of sp³-hybridized carbons (Fsp3) is 1.00. The molecule has 21 heavy (non-hydrogen) atoms. The summed E-state index contributed by atoms with van der Waals surface area (Å²) in [6.07, 6.45) is 5.20. The molecule has 1 saturated heterocycles. The van der Waals surface area contributed by atoms with Gasteiger partial charge in [0.15, 0.2) is 0 Å². The second-order valence-electron chi connectivity index (χ2n) is 5.90. The molecular formula is C14H31N3O2S2. The van der Waals surface area contributed by atoms with Crippen LogP contribution < -0.4 is 5.32 Å². The third-order valence-electron chi connectivity index (χ3n) is 4.06. The van der Waals surface area contributed by atoms with Gasteiger partial charge in [0.2, 0.25) is 0 Å². The van der Waals surface area contributed by atoms with Crippen LogP contribution in [0.5, 0.6) is 0 Å². The molecule has 1 aliphatic rings. The Bertz CT molecular complexity index is 390. The monoisotopic (exact) mass is 337 g/mol. The number of rotatable bonds is 9. The first-order chi connectivity index (χ1) is 9.93. The summed E-state index contributed by atoms with van der Waals surface area (Å²) in [5.41, 5.74) is 0. The SMILES string of the molecule is CCCNCC1CCCN(S(=O)(=O)N(C)C(C)CSC)C1. The van der Waals surface area contributed by atoms with E-state index in [1.807, 2.05) is 13.2 Å². The number of hydrogen-bond acceptors (Lipinski definition) is 4. The van der Waals surface area contributed by atoms with Crippen LogP contribution in [0, 0.1) is 5.92 Å². The van der Waals surface area contributed by atoms with Crippen molar-refractivity contribution in [2.75, 3.05) is 45.2 Å². The van der Waals surface area contributed by atoms with Crippen molar-refractivity contribution in [1.29, 1.82) is 0 Å². The molecule has 5 nitrogen and oxygen atoms in total. The molecule has 1 N–H and O–H groups in total. The predicted molar refractivity (Wildman–Crippen MR) is 92.0 cm³/mol. The molecule has 0 aromatic heterocycles. The summed E-state index contributed by atoms with van der Waals surface area (Å²) in [6.45, 7) is 7.35. The van der Waals surface area contributed by atoms with Crippen molar-refractivity contribution in [2.45, 2.75) is 39.2 Å². The minimum atomic E-state index is -3.32. The zero-order valence-electron chi connectivity index (χ0n) is 13.8. The van der Waals surface area contributed by atoms with Crippen LogP contribution in [0.15, 0.2) is 0 Å².